The van der Waals surface area contributed by atoms with Crippen LogP contribution in [-0.2, 0) is 0 Å². The minimum atomic E-state index is -0.826. The molecule has 1 aliphatic carbocycles. The van der Waals surface area contributed by atoms with Gasteiger partial charge < -0.3 is 0 Å². The Balaban J connectivity index is 2.43. The van der Waals surface area contributed by atoms with Gasteiger partial charge in [0.1, 0.15) is 6.17 Å². The molecule has 0 fully saturated rings. The molecule has 0 saturated heterocycles. The first-order valence-corrected chi connectivity index (χ1v) is 5.58. The Morgan fingerprint density at radius 3 is 2.79 bits per heavy atom. The van der Waals surface area contributed by atoms with Crippen LogP contribution in [0.1, 0.15) is 21.7 Å². The van der Waals surface area contributed by atoms with E-state index in [1.807, 2.05) is 18.2 Å². The van der Waals surface area contributed by atoms with Crippen molar-refractivity contribution in [3.05, 3.63) is 39.6 Å². The molecule has 0 N–H and O–H groups in total. The molecule has 1 heterocycles. The molecule has 1 atom stereocenters. The first-order valence-electron chi connectivity index (χ1n) is 4.76. The first-order chi connectivity index (χ1) is 6.68. The third-order valence-corrected chi connectivity index (χ3v) is 3.41. The fourth-order valence-electron chi connectivity index (χ4n) is 1.78. The molecule has 14 heavy (non-hydrogen) atoms. The van der Waals surface area contributed by atoms with Crippen molar-refractivity contribution in [1.82, 2.24) is 0 Å². The van der Waals surface area contributed by atoms with E-state index < -0.39 is 6.17 Å². The van der Waals surface area contributed by atoms with E-state index >= 15 is 0 Å². The van der Waals surface area contributed by atoms with E-state index in [1.165, 1.54) is 9.75 Å². The van der Waals surface area contributed by atoms with Gasteiger partial charge in [0.25, 0.3) is 0 Å². The topological polar surface area (TPSA) is 0 Å². The summed E-state index contributed by atoms with van der Waals surface area (Å²) >= 11 is 1.73. The Kier molecular flexibility index (Phi) is 2.55. The maximum absolute atomic E-state index is 13.6. The normalized spacial score (nSPS) is 21.1. The highest BCUT2D eigenvalue weighted by Gasteiger charge is 2.18. The van der Waals surface area contributed by atoms with Crippen molar-refractivity contribution >= 4 is 16.9 Å². The maximum atomic E-state index is 13.6. The van der Waals surface area contributed by atoms with Crippen LogP contribution in [0.4, 0.5) is 4.39 Å². The molecule has 0 bridgehead atoms. The van der Waals surface area contributed by atoms with Crippen molar-refractivity contribution in [2.24, 2.45) is 0 Å². The molecule has 0 saturated carbocycles. The molecule has 0 aromatic carbocycles. The largest absolute Gasteiger partial charge is 0.242 e. The van der Waals surface area contributed by atoms with Crippen LogP contribution >= 0.6 is 11.3 Å². The van der Waals surface area contributed by atoms with Gasteiger partial charge in [0.05, 0.1) is 0 Å². The van der Waals surface area contributed by atoms with Crippen LogP contribution in [0.2, 0.25) is 0 Å². The summed E-state index contributed by atoms with van der Waals surface area (Å²) in [5, 5.41) is 0. The van der Waals surface area contributed by atoms with Crippen molar-refractivity contribution < 1.29 is 4.39 Å². The zero-order chi connectivity index (χ0) is 10.1. The Labute approximate surface area is 87.8 Å². The van der Waals surface area contributed by atoms with Crippen molar-refractivity contribution in [3.8, 4) is 0 Å². The summed E-state index contributed by atoms with van der Waals surface area (Å²) in [7, 11) is 0. The molecule has 0 aliphatic heterocycles. The number of aryl methyl sites for hydroxylation is 2. The molecule has 0 nitrogen and oxygen atoms in total. The second-order valence-corrected chi connectivity index (χ2v) is 5.04. The lowest BCUT2D eigenvalue weighted by molar-refractivity contribution is 0.413. The molecular weight excluding hydrogens is 195 g/mol. The van der Waals surface area contributed by atoms with Crippen LogP contribution in [0.25, 0.3) is 5.57 Å². The molecule has 1 aromatic heterocycles. The van der Waals surface area contributed by atoms with Gasteiger partial charge in [-0.05, 0) is 31.1 Å². The van der Waals surface area contributed by atoms with Gasteiger partial charge in [-0.2, -0.15) is 0 Å². The standard InChI is InChI=1S/C12H13FS/c1-8-7-11(9(2)14-8)10-5-3-4-6-12(10)13/h3-5,7,12H,6H2,1-2H3. The van der Waals surface area contributed by atoms with Crippen LogP contribution in [0.5, 0.6) is 0 Å². The van der Waals surface area contributed by atoms with Gasteiger partial charge in [-0.3, -0.25) is 0 Å². The first kappa shape index (κ1) is 9.66. The molecule has 74 valence electrons. The highest BCUT2D eigenvalue weighted by atomic mass is 32.1. The molecule has 1 aliphatic rings. The number of hydrogen-bond donors (Lipinski definition) is 0. The summed E-state index contributed by atoms with van der Waals surface area (Å²) in [6.07, 6.45) is 5.40. The summed E-state index contributed by atoms with van der Waals surface area (Å²) in [5.74, 6) is 0. The van der Waals surface area contributed by atoms with Gasteiger partial charge in [0.15, 0.2) is 0 Å². The zero-order valence-corrected chi connectivity index (χ0v) is 9.20. The van der Waals surface area contributed by atoms with Gasteiger partial charge in [-0.1, -0.05) is 18.2 Å². The van der Waals surface area contributed by atoms with Gasteiger partial charge in [-0.25, -0.2) is 4.39 Å². The maximum Gasteiger partial charge on any atom is 0.129 e. The Morgan fingerprint density at radius 2 is 2.21 bits per heavy atom. The second-order valence-electron chi connectivity index (χ2n) is 3.58. The quantitative estimate of drug-likeness (QED) is 0.653. The smallest absolute Gasteiger partial charge is 0.129 e. The van der Waals surface area contributed by atoms with Crippen LogP contribution in [-0.4, -0.2) is 6.17 Å². The Bertz CT molecular complexity index is 398. The third-order valence-electron chi connectivity index (χ3n) is 2.44. The molecule has 0 amide bonds. The van der Waals surface area contributed by atoms with E-state index in [0.717, 1.165) is 11.1 Å². The SMILES string of the molecule is Cc1cc(C2=CC=CCC2F)c(C)s1. The van der Waals surface area contributed by atoms with Crippen LogP contribution < -0.4 is 0 Å². The zero-order valence-electron chi connectivity index (χ0n) is 8.38. The van der Waals surface area contributed by atoms with E-state index in [2.05, 4.69) is 19.9 Å². The van der Waals surface area contributed by atoms with Gasteiger partial charge in [0.2, 0.25) is 0 Å². The lowest BCUT2D eigenvalue weighted by atomic mass is 9.96. The highest BCUT2D eigenvalue weighted by molar-refractivity contribution is 7.12. The number of thiophene rings is 1. The number of hydrogen-bond acceptors (Lipinski definition) is 1. The van der Waals surface area contributed by atoms with Gasteiger partial charge in [-0.15, -0.1) is 11.3 Å². The number of halogens is 1. The Hall–Kier alpha value is -0.890. The molecule has 0 spiro atoms. The highest BCUT2D eigenvalue weighted by Crippen LogP contribution is 2.33. The average Bonchev–Trinajstić information content (AvgIpc) is 2.46. The van der Waals surface area contributed by atoms with E-state index in [4.69, 9.17) is 0 Å². The van der Waals surface area contributed by atoms with E-state index in [-0.39, 0.29) is 0 Å². The van der Waals surface area contributed by atoms with E-state index in [0.29, 0.717) is 6.42 Å². The van der Waals surface area contributed by atoms with Crippen LogP contribution in [0, 0.1) is 13.8 Å². The summed E-state index contributed by atoms with van der Waals surface area (Å²) in [5.41, 5.74) is 1.93. The third kappa shape index (κ3) is 1.67. The van der Waals surface area contributed by atoms with Gasteiger partial charge >= 0.3 is 0 Å². The molecule has 2 rings (SSSR count). The lowest BCUT2D eigenvalue weighted by Crippen LogP contribution is -2.04. The summed E-state index contributed by atoms with van der Waals surface area (Å²) < 4.78 is 13.6. The lowest BCUT2D eigenvalue weighted by Gasteiger charge is -2.13. The monoisotopic (exact) mass is 208 g/mol. The predicted molar refractivity (Wildman–Crippen MR) is 60.4 cm³/mol. The minimum absolute atomic E-state index is 0.514. The average molecular weight is 208 g/mol. The van der Waals surface area contributed by atoms with Crippen LogP contribution in [0.15, 0.2) is 24.3 Å². The second kappa shape index (κ2) is 3.70. The Morgan fingerprint density at radius 1 is 1.43 bits per heavy atom. The van der Waals surface area contributed by atoms with Crippen molar-refractivity contribution in [2.45, 2.75) is 26.4 Å². The number of alkyl halides is 1. The summed E-state index contributed by atoms with van der Waals surface area (Å²) in [4.78, 5) is 2.46. The van der Waals surface area contributed by atoms with Crippen molar-refractivity contribution in [1.29, 1.82) is 0 Å². The van der Waals surface area contributed by atoms with Crippen molar-refractivity contribution in [2.75, 3.05) is 0 Å². The number of allylic oxidation sites excluding steroid dienone is 4. The molecule has 1 aromatic rings. The van der Waals surface area contributed by atoms with Gasteiger partial charge in [0, 0.05) is 16.2 Å². The number of rotatable bonds is 1. The molecular formula is C12H13FS. The molecule has 1 unspecified atom stereocenters. The molecule has 0 radical (unpaired) electrons. The predicted octanol–water partition coefficient (Wildman–Crippen LogP) is 4.05. The summed E-state index contributed by atoms with van der Waals surface area (Å²) in [6, 6.07) is 2.08. The van der Waals surface area contributed by atoms with E-state index in [9.17, 15) is 4.39 Å². The van der Waals surface area contributed by atoms with Crippen LogP contribution in [0.3, 0.4) is 0 Å². The van der Waals surface area contributed by atoms with Crippen molar-refractivity contribution in [3.63, 3.8) is 0 Å². The van der Waals surface area contributed by atoms with E-state index in [1.54, 1.807) is 11.3 Å². The fraction of sp³-hybridized carbons (Fsp3) is 0.333. The molecule has 2 heteroatoms. The minimum Gasteiger partial charge on any atom is -0.242 e. The fourth-order valence-corrected chi connectivity index (χ4v) is 2.72. The summed E-state index contributed by atoms with van der Waals surface area (Å²) in [6.45, 7) is 4.12.